The number of hydrogen-bond donors (Lipinski definition) is 0. The van der Waals surface area contributed by atoms with E-state index in [1.165, 1.54) is 47.6 Å². The fourth-order valence-corrected chi connectivity index (χ4v) is 3.43. The molecule has 20 heavy (non-hydrogen) atoms. The Morgan fingerprint density at radius 1 is 1.10 bits per heavy atom. The summed E-state index contributed by atoms with van der Waals surface area (Å²) in [6.07, 6.45) is 5.09. The first-order valence-electron chi connectivity index (χ1n) is 7.37. The van der Waals surface area contributed by atoms with Crippen molar-refractivity contribution >= 4 is 17.0 Å². The molecular formula is C17H25N2S+. The summed E-state index contributed by atoms with van der Waals surface area (Å²) in [4.78, 5) is 2.13. The van der Waals surface area contributed by atoms with Crippen LogP contribution in [0.4, 0.5) is 5.69 Å². The third-order valence-corrected chi connectivity index (χ3v) is 4.83. The third-order valence-electron chi connectivity index (χ3n) is 3.71. The van der Waals surface area contributed by atoms with Crippen molar-refractivity contribution in [2.75, 3.05) is 19.0 Å². The highest BCUT2D eigenvalue weighted by Gasteiger charge is 2.17. The van der Waals surface area contributed by atoms with Gasteiger partial charge in [-0.15, -0.1) is 0 Å². The quantitative estimate of drug-likeness (QED) is 0.575. The molecule has 0 N–H and O–H groups in total. The summed E-state index contributed by atoms with van der Waals surface area (Å²) >= 11 is 1.85. The fraction of sp³-hybridized carbons (Fsp3) is 0.471. The first kappa shape index (κ1) is 15.0. The minimum absolute atomic E-state index is 1.19. The van der Waals surface area contributed by atoms with E-state index in [2.05, 4.69) is 67.2 Å². The third kappa shape index (κ3) is 3.40. The molecule has 1 heterocycles. The second-order valence-electron chi connectivity index (χ2n) is 5.49. The molecule has 0 bridgehead atoms. The normalized spacial score (nSPS) is 10.8. The number of rotatable bonds is 6. The Kier molecular flexibility index (Phi) is 5.18. The lowest BCUT2D eigenvalue weighted by Crippen LogP contribution is -2.32. The molecule has 2 nitrogen and oxygen atoms in total. The van der Waals surface area contributed by atoms with E-state index in [1.54, 1.807) is 0 Å². The number of thiazole rings is 1. The zero-order valence-electron chi connectivity index (χ0n) is 13.0. The van der Waals surface area contributed by atoms with Crippen molar-refractivity contribution in [3.63, 3.8) is 0 Å². The van der Waals surface area contributed by atoms with E-state index in [9.17, 15) is 0 Å². The van der Waals surface area contributed by atoms with Crippen molar-refractivity contribution in [1.29, 1.82) is 0 Å². The highest BCUT2D eigenvalue weighted by Crippen LogP contribution is 2.24. The Labute approximate surface area is 126 Å². The maximum absolute atomic E-state index is 2.35. The minimum atomic E-state index is 1.19. The molecule has 0 aliphatic heterocycles. The van der Waals surface area contributed by atoms with E-state index in [-0.39, 0.29) is 0 Å². The van der Waals surface area contributed by atoms with Gasteiger partial charge in [0.1, 0.15) is 7.05 Å². The van der Waals surface area contributed by atoms with E-state index in [0.717, 1.165) is 0 Å². The van der Waals surface area contributed by atoms with Crippen molar-refractivity contribution in [2.24, 2.45) is 7.05 Å². The first-order chi connectivity index (χ1) is 9.63. The van der Waals surface area contributed by atoms with Gasteiger partial charge in [0, 0.05) is 26.2 Å². The molecule has 0 amide bonds. The van der Waals surface area contributed by atoms with Crippen molar-refractivity contribution in [3.8, 4) is 10.6 Å². The average molecular weight is 289 g/mol. The highest BCUT2D eigenvalue weighted by molar-refractivity contribution is 7.12. The summed E-state index contributed by atoms with van der Waals surface area (Å²) in [5, 5.41) is 3.66. The maximum atomic E-state index is 2.35. The van der Waals surface area contributed by atoms with Gasteiger partial charge < -0.3 is 4.90 Å². The van der Waals surface area contributed by atoms with Gasteiger partial charge in [-0.1, -0.05) is 31.1 Å². The maximum Gasteiger partial charge on any atom is 0.268 e. The van der Waals surface area contributed by atoms with Gasteiger partial charge in [-0.25, -0.2) is 0 Å². The molecule has 0 spiro atoms. The van der Waals surface area contributed by atoms with Gasteiger partial charge in [0.05, 0.1) is 10.9 Å². The van der Waals surface area contributed by atoms with Crippen LogP contribution in [-0.2, 0) is 13.5 Å². The molecule has 0 saturated heterocycles. The van der Waals surface area contributed by atoms with Crippen molar-refractivity contribution < 1.29 is 4.57 Å². The minimum Gasteiger partial charge on any atom is -0.378 e. The molecule has 0 fully saturated rings. The number of nitrogens with zero attached hydrogens (tertiary/aromatic N) is 2. The fourth-order valence-electron chi connectivity index (χ4n) is 2.36. The smallest absolute Gasteiger partial charge is 0.268 e. The van der Waals surface area contributed by atoms with Crippen LogP contribution in [0.15, 0.2) is 29.6 Å². The first-order valence-corrected chi connectivity index (χ1v) is 8.25. The SMILES string of the molecule is CCCCCc1csc(-c2ccc(N(C)C)cc2)[n+]1C. The molecule has 108 valence electrons. The van der Waals surface area contributed by atoms with Crippen LogP contribution in [0.1, 0.15) is 31.9 Å². The van der Waals surface area contributed by atoms with Gasteiger partial charge >= 0.3 is 0 Å². The Hall–Kier alpha value is -1.35. The summed E-state index contributed by atoms with van der Waals surface area (Å²) in [5.41, 5.74) is 4.01. The predicted octanol–water partition coefficient (Wildman–Crippen LogP) is 4.04. The summed E-state index contributed by atoms with van der Waals surface area (Å²) in [6.45, 7) is 2.26. The van der Waals surface area contributed by atoms with Crippen molar-refractivity contribution in [3.05, 3.63) is 35.3 Å². The van der Waals surface area contributed by atoms with Crippen LogP contribution in [0.5, 0.6) is 0 Å². The average Bonchev–Trinajstić information content (AvgIpc) is 2.81. The Morgan fingerprint density at radius 3 is 2.40 bits per heavy atom. The van der Waals surface area contributed by atoms with E-state index < -0.39 is 0 Å². The van der Waals surface area contributed by atoms with Crippen LogP contribution >= 0.6 is 11.3 Å². The largest absolute Gasteiger partial charge is 0.378 e. The van der Waals surface area contributed by atoms with Crippen molar-refractivity contribution in [2.45, 2.75) is 32.6 Å². The lowest BCUT2D eigenvalue weighted by Gasteiger charge is -2.11. The standard InChI is InChI=1S/C17H25N2S/c1-5-6-7-8-16-13-20-17(19(16)4)14-9-11-15(12-10-14)18(2)3/h9-13H,5-8H2,1-4H3/q+1. The molecule has 0 aliphatic rings. The zero-order chi connectivity index (χ0) is 14.5. The molecule has 0 unspecified atom stereocenters. The zero-order valence-corrected chi connectivity index (χ0v) is 13.8. The van der Waals surface area contributed by atoms with Crippen LogP contribution in [0.25, 0.3) is 10.6 Å². The summed E-state index contributed by atoms with van der Waals surface area (Å²) < 4.78 is 2.35. The van der Waals surface area contributed by atoms with Gasteiger partial charge in [-0.3, -0.25) is 0 Å². The molecule has 0 saturated carbocycles. The topological polar surface area (TPSA) is 7.12 Å². The van der Waals surface area contributed by atoms with Crippen LogP contribution in [0.2, 0.25) is 0 Å². The monoisotopic (exact) mass is 289 g/mol. The van der Waals surface area contributed by atoms with Crippen LogP contribution in [0, 0.1) is 0 Å². The molecule has 0 atom stereocenters. The van der Waals surface area contributed by atoms with Crippen LogP contribution in [0.3, 0.4) is 0 Å². The number of anilines is 1. The molecule has 3 heteroatoms. The number of aryl methyl sites for hydroxylation is 1. The summed E-state index contributed by atoms with van der Waals surface area (Å²) in [7, 11) is 6.34. The highest BCUT2D eigenvalue weighted by atomic mass is 32.1. The molecule has 0 radical (unpaired) electrons. The number of unbranched alkanes of at least 4 members (excludes halogenated alkanes) is 2. The summed E-state index contributed by atoms with van der Waals surface area (Å²) in [5.74, 6) is 0. The lowest BCUT2D eigenvalue weighted by atomic mass is 10.1. The van der Waals surface area contributed by atoms with E-state index in [0.29, 0.717) is 0 Å². The van der Waals surface area contributed by atoms with E-state index in [4.69, 9.17) is 0 Å². The van der Waals surface area contributed by atoms with Gasteiger partial charge in [0.25, 0.3) is 5.01 Å². The van der Waals surface area contributed by atoms with Gasteiger partial charge in [0.15, 0.2) is 5.69 Å². The lowest BCUT2D eigenvalue weighted by molar-refractivity contribution is -0.663. The Balaban J connectivity index is 2.16. The van der Waals surface area contributed by atoms with Crippen molar-refractivity contribution in [1.82, 2.24) is 0 Å². The Bertz CT molecular complexity index is 541. The predicted molar refractivity (Wildman–Crippen MR) is 88.5 cm³/mol. The molecule has 1 aromatic carbocycles. The Morgan fingerprint density at radius 2 is 1.80 bits per heavy atom. The van der Waals surface area contributed by atoms with Gasteiger partial charge in [-0.2, -0.15) is 4.57 Å². The second kappa shape index (κ2) is 6.89. The summed E-state index contributed by atoms with van der Waals surface area (Å²) in [6, 6.07) is 8.81. The molecule has 2 aromatic rings. The molecule has 0 aliphatic carbocycles. The number of hydrogen-bond acceptors (Lipinski definition) is 2. The van der Waals surface area contributed by atoms with E-state index in [1.807, 2.05) is 11.3 Å². The van der Waals surface area contributed by atoms with Crippen LogP contribution < -0.4 is 9.47 Å². The molecule has 1 aromatic heterocycles. The van der Waals surface area contributed by atoms with Crippen LogP contribution in [-0.4, -0.2) is 14.1 Å². The van der Waals surface area contributed by atoms with E-state index >= 15 is 0 Å². The molecule has 2 rings (SSSR count). The number of aromatic nitrogens is 1. The second-order valence-corrected chi connectivity index (χ2v) is 6.35. The van der Waals surface area contributed by atoms with Gasteiger partial charge in [0.2, 0.25) is 0 Å². The molecular weight excluding hydrogens is 264 g/mol. The number of benzene rings is 1. The van der Waals surface area contributed by atoms with Gasteiger partial charge in [-0.05, 0) is 30.7 Å².